The molecule has 1 N–H and O–H groups in total. The molecule has 0 unspecified atom stereocenters. The Kier molecular flexibility index (Phi) is 3.17. The predicted octanol–water partition coefficient (Wildman–Crippen LogP) is 2.41. The molecule has 16 heavy (non-hydrogen) atoms. The number of benzene rings is 1. The number of H-pyrrole nitrogens is 1. The topological polar surface area (TPSA) is 50.8 Å². The first-order valence-electron chi connectivity index (χ1n) is 4.56. The number of rotatable bonds is 3. The monoisotopic (exact) mass is 241 g/mol. The lowest BCUT2D eigenvalue weighted by Gasteiger charge is -1.97. The van der Waals surface area contributed by atoms with Crippen molar-refractivity contribution < 1.29 is 9.13 Å². The number of nitrogens with zero attached hydrogens (tertiary/aromatic N) is 2. The van der Waals surface area contributed by atoms with Crippen molar-refractivity contribution in [3.05, 3.63) is 34.9 Å². The van der Waals surface area contributed by atoms with Crippen LogP contribution in [0.25, 0.3) is 11.4 Å². The third kappa shape index (κ3) is 2.20. The molecule has 0 spiro atoms. The van der Waals surface area contributed by atoms with Gasteiger partial charge in [0.2, 0.25) is 0 Å². The zero-order valence-electron chi connectivity index (χ0n) is 8.50. The average Bonchev–Trinajstić information content (AvgIpc) is 2.71. The van der Waals surface area contributed by atoms with Crippen LogP contribution in [0.3, 0.4) is 0 Å². The van der Waals surface area contributed by atoms with Gasteiger partial charge in [-0.2, -0.15) is 5.10 Å². The summed E-state index contributed by atoms with van der Waals surface area (Å²) in [6, 6.07) is 4.33. The molecular weight excluding hydrogens is 233 g/mol. The van der Waals surface area contributed by atoms with Crippen molar-refractivity contribution in [2.45, 2.75) is 6.61 Å². The van der Waals surface area contributed by atoms with Crippen LogP contribution < -0.4 is 0 Å². The fourth-order valence-electron chi connectivity index (χ4n) is 1.26. The second kappa shape index (κ2) is 4.59. The Morgan fingerprint density at radius 1 is 1.50 bits per heavy atom. The SMILES string of the molecule is COCc1nc(-c2ccc(F)c(Cl)c2)n[nH]1. The quantitative estimate of drug-likeness (QED) is 0.898. The summed E-state index contributed by atoms with van der Waals surface area (Å²) >= 11 is 5.67. The van der Waals surface area contributed by atoms with Crippen molar-refractivity contribution in [1.82, 2.24) is 15.2 Å². The molecule has 0 radical (unpaired) electrons. The van der Waals surface area contributed by atoms with Crippen molar-refractivity contribution in [3.8, 4) is 11.4 Å². The van der Waals surface area contributed by atoms with Gasteiger partial charge in [0.25, 0.3) is 0 Å². The van der Waals surface area contributed by atoms with Crippen LogP contribution in [0, 0.1) is 5.82 Å². The molecule has 2 rings (SSSR count). The fraction of sp³-hybridized carbons (Fsp3) is 0.200. The van der Waals surface area contributed by atoms with E-state index in [2.05, 4.69) is 15.2 Å². The van der Waals surface area contributed by atoms with Gasteiger partial charge in [0.05, 0.1) is 5.02 Å². The van der Waals surface area contributed by atoms with Gasteiger partial charge >= 0.3 is 0 Å². The van der Waals surface area contributed by atoms with Gasteiger partial charge in [0, 0.05) is 12.7 Å². The Morgan fingerprint density at radius 2 is 2.31 bits per heavy atom. The normalized spacial score (nSPS) is 10.7. The van der Waals surface area contributed by atoms with E-state index >= 15 is 0 Å². The van der Waals surface area contributed by atoms with Crippen molar-refractivity contribution in [2.75, 3.05) is 7.11 Å². The summed E-state index contributed by atoms with van der Waals surface area (Å²) in [5, 5.41) is 6.75. The first-order chi connectivity index (χ1) is 7.70. The summed E-state index contributed by atoms with van der Waals surface area (Å²) in [5.41, 5.74) is 0.657. The maximum Gasteiger partial charge on any atom is 0.181 e. The van der Waals surface area contributed by atoms with E-state index in [9.17, 15) is 4.39 Å². The van der Waals surface area contributed by atoms with Gasteiger partial charge in [-0.05, 0) is 18.2 Å². The molecule has 0 aliphatic carbocycles. The highest BCUT2D eigenvalue weighted by Crippen LogP contribution is 2.22. The lowest BCUT2D eigenvalue weighted by Crippen LogP contribution is -1.89. The summed E-state index contributed by atoms with van der Waals surface area (Å²) in [4.78, 5) is 4.17. The van der Waals surface area contributed by atoms with Crippen molar-refractivity contribution >= 4 is 11.6 Å². The Morgan fingerprint density at radius 3 is 3.00 bits per heavy atom. The van der Waals surface area contributed by atoms with Crippen LogP contribution in [0.5, 0.6) is 0 Å². The maximum atomic E-state index is 12.9. The first-order valence-corrected chi connectivity index (χ1v) is 4.94. The van der Waals surface area contributed by atoms with Gasteiger partial charge in [-0.25, -0.2) is 9.37 Å². The number of hydrogen-bond donors (Lipinski definition) is 1. The lowest BCUT2D eigenvalue weighted by molar-refractivity contribution is 0.178. The molecule has 84 valence electrons. The number of ether oxygens (including phenoxy) is 1. The van der Waals surface area contributed by atoms with Crippen LogP contribution in [0.1, 0.15) is 5.82 Å². The highest BCUT2D eigenvalue weighted by Gasteiger charge is 2.08. The van der Waals surface area contributed by atoms with Crippen molar-refractivity contribution in [2.24, 2.45) is 0 Å². The molecular formula is C10H9ClFN3O. The third-order valence-electron chi connectivity index (χ3n) is 1.99. The number of methoxy groups -OCH3 is 1. The van der Waals surface area contributed by atoms with Gasteiger partial charge in [-0.3, -0.25) is 5.10 Å². The van der Waals surface area contributed by atoms with E-state index in [0.29, 0.717) is 23.8 Å². The van der Waals surface area contributed by atoms with Gasteiger partial charge in [-0.1, -0.05) is 11.6 Å². The smallest absolute Gasteiger partial charge is 0.181 e. The molecule has 1 aromatic carbocycles. The number of aromatic amines is 1. The largest absolute Gasteiger partial charge is 0.377 e. The van der Waals surface area contributed by atoms with E-state index < -0.39 is 5.82 Å². The van der Waals surface area contributed by atoms with E-state index in [-0.39, 0.29) is 5.02 Å². The van der Waals surface area contributed by atoms with Crippen LogP contribution in [0.4, 0.5) is 4.39 Å². The van der Waals surface area contributed by atoms with Crippen LogP contribution >= 0.6 is 11.6 Å². The molecule has 0 saturated carbocycles. The van der Waals surface area contributed by atoms with Crippen molar-refractivity contribution in [1.29, 1.82) is 0 Å². The number of nitrogens with one attached hydrogen (secondary N) is 1. The molecule has 0 amide bonds. The van der Waals surface area contributed by atoms with E-state index in [4.69, 9.17) is 16.3 Å². The highest BCUT2D eigenvalue weighted by molar-refractivity contribution is 6.31. The van der Waals surface area contributed by atoms with Crippen LogP contribution in [0.2, 0.25) is 5.02 Å². The number of aromatic nitrogens is 3. The van der Waals surface area contributed by atoms with E-state index in [1.807, 2.05) is 0 Å². The summed E-state index contributed by atoms with van der Waals surface area (Å²) in [5.74, 6) is 0.616. The zero-order chi connectivity index (χ0) is 11.5. The third-order valence-corrected chi connectivity index (χ3v) is 2.28. The van der Waals surface area contributed by atoms with E-state index in [1.165, 1.54) is 12.1 Å². The molecule has 1 heterocycles. The first kappa shape index (κ1) is 11.0. The molecule has 6 heteroatoms. The standard InChI is InChI=1S/C10H9ClFN3O/c1-16-5-9-13-10(15-14-9)6-2-3-8(12)7(11)4-6/h2-4H,5H2,1H3,(H,13,14,15). The minimum atomic E-state index is -0.460. The molecule has 0 bridgehead atoms. The van der Waals surface area contributed by atoms with Gasteiger partial charge in [0.1, 0.15) is 12.4 Å². The van der Waals surface area contributed by atoms with Gasteiger partial charge < -0.3 is 4.74 Å². The van der Waals surface area contributed by atoms with E-state index in [1.54, 1.807) is 13.2 Å². The summed E-state index contributed by atoms with van der Waals surface area (Å²) in [7, 11) is 1.57. The molecule has 0 saturated heterocycles. The molecule has 0 atom stereocenters. The zero-order valence-corrected chi connectivity index (χ0v) is 9.25. The van der Waals surface area contributed by atoms with Gasteiger partial charge in [0.15, 0.2) is 11.6 Å². The minimum Gasteiger partial charge on any atom is -0.377 e. The number of hydrogen-bond acceptors (Lipinski definition) is 3. The fourth-order valence-corrected chi connectivity index (χ4v) is 1.44. The molecule has 0 aliphatic heterocycles. The van der Waals surface area contributed by atoms with E-state index in [0.717, 1.165) is 0 Å². The predicted molar refractivity (Wildman–Crippen MR) is 57.5 cm³/mol. The van der Waals surface area contributed by atoms with Crippen LogP contribution in [-0.4, -0.2) is 22.3 Å². The Bertz CT molecular complexity index is 501. The molecule has 4 nitrogen and oxygen atoms in total. The summed E-state index contributed by atoms with van der Waals surface area (Å²) in [6.07, 6.45) is 0. The maximum absolute atomic E-state index is 12.9. The minimum absolute atomic E-state index is 0.0515. The summed E-state index contributed by atoms with van der Waals surface area (Å²) < 4.78 is 17.8. The average molecular weight is 242 g/mol. The van der Waals surface area contributed by atoms with Crippen LogP contribution in [0.15, 0.2) is 18.2 Å². The Hall–Kier alpha value is -1.46. The molecule has 0 fully saturated rings. The van der Waals surface area contributed by atoms with Crippen LogP contribution in [-0.2, 0) is 11.3 Å². The highest BCUT2D eigenvalue weighted by atomic mass is 35.5. The lowest BCUT2D eigenvalue weighted by atomic mass is 10.2. The summed E-state index contributed by atoms with van der Waals surface area (Å²) in [6.45, 7) is 0.349. The van der Waals surface area contributed by atoms with Crippen molar-refractivity contribution in [3.63, 3.8) is 0 Å². The Balaban J connectivity index is 2.31. The molecule has 2 aromatic rings. The second-order valence-electron chi connectivity index (χ2n) is 3.17. The number of halogens is 2. The molecule has 0 aliphatic rings. The molecule has 1 aromatic heterocycles. The second-order valence-corrected chi connectivity index (χ2v) is 3.57. The Labute approximate surface area is 96.4 Å². The van der Waals surface area contributed by atoms with Gasteiger partial charge in [-0.15, -0.1) is 0 Å².